The normalized spacial score (nSPS) is 12.4. The molecule has 0 fully saturated rings. The van der Waals surface area contributed by atoms with E-state index < -0.39 is 10.0 Å². The Morgan fingerprint density at radius 1 is 0.800 bits per heavy atom. The zero-order valence-electron chi connectivity index (χ0n) is 17.6. The van der Waals surface area contributed by atoms with Crippen LogP contribution in [0, 0.1) is 6.92 Å². The van der Waals surface area contributed by atoms with Crippen molar-refractivity contribution in [1.29, 1.82) is 0 Å². The van der Waals surface area contributed by atoms with Crippen molar-refractivity contribution >= 4 is 44.8 Å². The van der Waals surface area contributed by atoms with Crippen molar-refractivity contribution < 1.29 is 8.42 Å². The summed E-state index contributed by atoms with van der Waals surface area (Å²) >= 11 is -0.0163. The molecular weight excluding hydrogens is 457 g/mol. The third-order valence-corrected chi connectivity index (χ3v) is 9.11. The summed E-state index contributed by atoms with van der Waals surface area (Å²) in [5, 5.41) is 1.02. The van der Waals surface area contributed by atoms with E-state index in [2.05, 4.69) is 32.9 Å². The molecule has 0 atom stereocenters. The van der Waals surface area contributed by atoms with E-state index in [1.54, 1.807) is 16.1 Å². The average Bonchev–Trinajstić information content (AvgIpc) is 3.05. The van der Waals surface area contributed by atoms with Crippen molar-refractivity contribution in [3.8, 4) is 0 Å². The van der Waals surface area contributed by atoms with Crippen LogP contribution in [0.1, 0.15) is 32.0 Å². The van der Waals surface area contributed by atoms with Crippen LogP contribution in [0.3, 0.4) is 0 Å². The van der Waals surface area contributed by atoms with E-state index >= 15 is 0 Å². The van der Waals surface area contributed by atoms with Gasteiger partial charge < -0.3 is 0 Å². The van der Waals surface area contributed by atoms with Gasteiger partial charge in [-0.2, -0.15) is 0 Å². The fourth-order valence-corrected chi connectivity index (χ4v) is 8.19. The van der Waals surface area contributed by atoms with E-state index in [0.717, 1.165) is 26.6 Å². The van der Waals surface area contributed by atoms with Crippen LogP contribution in [0.15, 0.2) is 83.8 Å². The van der Waals surface area contributed by atoms with Gasteiger partial charge in [0.05, 0.1) is 0 Å². The number of rotatable bonds is 4. The molecule has 1 heterocycles. The van der Waals surface area contributed by atoms with E-state index in [0.29, 0.717) is 4.90 Å². The molecule has 5 heteroatoms. The number of benzene rings is 3. The molecule has 154 valence electrons. The number of hydrogen-bond donors (Lipinski definition) is 0. The van der Waals surface area contributed by atoms with Crippen LogP contribution in [-0.2, 0) is 15.4 Å². The van der Waals surface area contributed by atoms with Gasteiger partial charge in [0.15, 0.2) is 0 Å². The summed E-state index contributed by atoms with van der Waals surface area (Å²) in [6, 6.07) is 25.3. The predicted molar refractivity (Wildman–Crippen MR) is 126 cm³/mol. The molecule has 1 aromatic heterocycles. The second-order valence-electron chi connectivity index (χ2n) is 8.44. The molecule has 4 rings (SSSR count). The summed E-state index contributed by atoms with van der Waals surface area (Å²) in [6.45, 7) is 8.23. The Balaban J connectivity index is 2.06. The van der Waals surface area contributed by atoms with Crippen molar-refractivity contribution in [2.75, 3.05) is 0 Å². The van der Waals surface area contributed by atoms with Gasteiger partial charge in [0.1, 0.15) is 0 Å². The molecule has 0 aliphatic rings. The van der Waals surface area contributed by atoms with Gasteiger partial charge >= 0.3 is 185 Å². The standard InChI is InChI=1S/C25H25NO2SSe/c1-18-14-16-19(17-15-18)29(27,28)26-22-13-9-8-12-21(22)23(24(26)25(2,3)4)30-20-10-6-5-7-11-20/h5-17H,1-4H3. The summed E-state index contributed by atoms with van der Waals surface area (Å²) in [4.78, 5) is 0.318. The topological polar surface area (TPSA) is 39.1 Å². The quantitative estimate of drug-likeness (QED) is 0.410. The Kier molecular flexibility index (Phi) is 5.39. The first-order valence-electron chi connectivity index (χ1n) is 9.88. The van der Waals surface area contributed by atoms with Crippen molar-refractivity contribution in [2.45, 2.75) is 38.0 Å². The zero-order valence-corrected chi connectivity index (χ0v) is 20.1. The van der Waals surface area contributed by atoms with Crippen molar-refractivity contribution in [3.05, 3.63) is 90.1 Å². The summed E-state index contributed by atoms with van der Waals surface area (Å²) in [5.41, 5.74) is 2.31. The molecule has 0 aliphatic carbocycles. The molecule has 0 radical (unpaired) electrons. The molecule has 3 aromatic carbocycles. The third kappa shape index (κ3) is 3.74. The van der Waals surface area contributed by atoms with Crippen LogP contribution in [0.25, 0.3) is 10.9 Å². The number of aromatic nitrogens is 1. The fraction of sp³-hybridized carbons (Fsp3) is 0.200. The van der Waals surface area contributed by atoms with Gasteiger partial charge in [-0.15, -0.1) is 0 Å². The van der Waals surface area contributed by atoms with Crippen molar-refractivity contribution in [2.24, 2.45) is 0 Å². The Morgan fingerprint density at radius 3 is 2.03 bits per heavy atom. The van der Waals surface area contributed by atoms with E-state index in [1.165, 1.54) is 4.46 Å². The Bertz CT molecular complexity index is 1300. The van der Waals surface area contributed by atoms with Gasteiger partial charge in [0, 0.05) is 0 Å². The van der Waals surface area contributed by atoms with Gasteiger partial charge in [-0.05, 0) is 0 Å². The third-order valence-electron chi connectivity index (χ3n) is 5.02. The SMILES string of the molecule is Cc1ccc(S(=O)(=O)n2c(C(C)(C)C)c([Se]c3ccccc3)c3ccccc32)cc1. The molecule has 0 spiro atoms. The van der Waals surface area contributed by atoms with E-state index in [4.69, 9.17) is 0 Å². The summed E-state index contributed by atoms with van der Waals surface area (Å²) in [6.07, 6.45) is 0. The summed E-state index contributed by atoms with van der Waals surface area (Å²) in [7, 11) is -3.74. The second-order valence-corrected chi connectivity index (χ2v) is 12.5. The fourth-order valence-electron chi connectivity index (χ4n) is 3.60. The molecule has 0 N–H and O–H groups in total. The van der Waals surface area contributed by atoms with Gasteiger partial charge in [0.25, 0.3) is 0 Å². The molecule has 30 heavy (non-hydrogen) atoms. The Labute approximate surface area is 185 Å². The van der Waals surface area contributed by atoms with E-state index in [-0.39, 0.29) is 20.4 Å². The van der Waals surface area contributed by atoms with Crippen LogP contribution in [0.5, 0.6) is 0 Å². The molecule has 0 aliphatic heterocycles. The summed E-state index contributed by atoms with van der Waals surface area (Å²) in [5.74, 6) is 0. The van der Waals surface area contributed by atoms with Gasteiger partial charge in [0.2, 0.25) is 0 Å². The van der Waals surface area contributed by atoms with E-state index in [1.807, 2.05) is 61.5 Å². The molecule has 3 nitrogen and oxygen atoms in total. The number of nitrogens with zero attached hydrogens (tertiary/aromatic N) is 1. The maximum absolute atomic E-state index is 13.9. The van der Waals surface area contributed by atoms with Crippen molar-refractivity contribution in [3.63, 3.8) is 0 Å². The molecule has 0 saturated heterocycles. The Hall–Kier alpha value is -2.33. The van der Waals surface area contributed by atoms with Crippen LogP contribution >= 0.6 is 0 Å². The second kappa shape index (κ2) is 7.73. The Morgan fingerprint density at radius 2 is 1.40 bits per heavy atom. The number of aryl methyl sites for hydroxylation is 1. The number of hydrogen-bond acceptors (Lipinski definition) is 2. The van der Waals surface area contributed by atoms with Crippen LogP contribution in [-0.4, -0.2) is 27.3 Å². The van der Waals surface area contributed by atoms with Gasteiger partial charge in [-0.3, -0.25) is 0 Å². The number of para-hydroxylation sites is 1. The molecular formula is C25H25NO2SSe. The number of fused-ring (bicyclic) bond motifs is 1. The van der Waals surface area contributed by atoms with E-state index in [9.17, 15) is 8.42 Å². The first-order chi connectivity index (χ1) is 14.2. The monoisotopic (exact) mass is 483 g/mol. The molecule has 0 bridgehead atoms. The molecule has 0 unspecified atom stereocenters. The van der Waals surface area contributed by atoms with Crippen LogP contribution in [0.4, 0.5) is 0 Å². The first kappa shape index (κ1) is 20.9. The zero-order chi connectivity index (χ0) is 21.5. The van der Waals surface area contributed by atoms with Gasteiger partial charge in [-0.25, -0.2) is 0 Å². The minimum atomic E-state index is -3.74. The molecule has 4 aromatic rings. The maximum atomic E-state index is 13.9. The minimum absolute atomic E-state index is 0.0163. The van der Waals surface area contributed by atoms with Crippen LogP contribution in [0.2, 0.25) is 0 Å². The average molecular weight is 483 g/mol. The summed E-state index contributed by atoms with van der Waals surface area (Å²) < 4.78 is 31.7. The van der Waals surface area contributed by atoms with Gasteiger partial charge in [-0.1, -0.05) is 0 Å². The van der Waals surface area contributed by atoms with Crippen molar-refractivity contribution in [1.82, 2.24) is 3.97 Å². The first-order valence-corrected chi connectivity index (χ1v) is 13.0. The van der Waals surface area contributed by atoms with Crippen LogP contribution < -0.4 is 8.92 Å². The molecule has 0 amide bonds. The molecule has 0 saturated carbocycles. The predicted octanol–water partition coefficient (Wildman–Crippen LogP) is 4.14.